The minimum Gasteiger partial charge on any atom is -0.497 e. The smallest absolute Gasteiger partial charge is 0.326 e. The van der Waals surface area contributed by atoms with Gasteiger partial charge in [-0.15, -0.1) is 0 Å². The van der Waals surface area contributed by atoms with E-state index in [0.717, 1.165) is 16.1 Å². The van der Waals surface area contributed by atoms with Crippen LogP contribution in [0.4, 0.5) is 11.5 Å². The Morgan fingerprint density at radius 3 is 2.24 bits per heavy atom. The third-order valence-corrected chi connectivity index (χ3v) is 9.23. The van der Waals surface area contributed by atoms with Gasteiger partial charge in [0.1, 0.15) is 22.9 Å². The average Bonchev–Trinajstić information content (AvgIpc) is 2.96. The molecule has 0 radical (unpaired) electrons. The van der Waals surface area contributed by atoms with Crippen molar-refractivity contribution >= 4 is 48.3 Å². The summed E-state index contributed by atoms with van der Waals surface area (Å²) in [5.41, 5.74) is 1.10. The van der Waals surface area contributed by atoms with Crippen molar-refractivity contribution in [3.05, 3.63) is 78.5 Å². The number of aryl methyl sites for hydroxylation is 1. The van der Waals surface area contributed by atoms with Gasteiger partial charge in [0.25, 0.3) is 20.0 Å². The summed E-state index contributed by atoms with van der Waals surface area (Å²) in [5, 5.41) is 0.377. The molecule has 0 spiro atoms. The maximum atomic E-state index is 13.8. The number of sulfonamides is 2. The molecule has 1 heterocycles. The van der Waals surface area contributed by atoms with Crippen LogP contribution < -0.4 is 18.5 Å². The van der Waals surface area contributed by atoms with Crippen LogP contribution in [0.2, 0.25) is 0 Å². The standard InChI is InChI=1S/C28H29N3O8S2/c1-5-39-27(32)18-31(41(35,36)21-13-11-20(37-3)12-14-21)28-23-9-7-6-8-22(23)26(17-29-28)40(33,34)30-24-15-10-19(2)16-25(24)38-4/h6-17,30H,5,18H2,1-4H3. The number of hydrogen-bond acceptors (Lipinski definition) is 9. The second kappa shape index (κ2) is 12.0. The molecular formula is C28H29N3O8S2. The summed E-state index contributed by atoms with van der Waals surface area (Å²) in [4.78, 5) is 16.5. The number of esters is 1. The molecule has 0 unspecified atom stereocenters. The number of carbonyl (C=O) groups is 1. The van der Waals surface area contributed by atoms with Gasteiger partial charge in [-0.25, -0.2) is 26.1 Å². The quantitative estimate of drug-likeness (QED) is 0.252. The second-order valence-electron chi connectivity index (χ2n) is 8.79. The number of ether oxygens (including phenoxy) is 3. The van der Waals surface area contributed by atoms with Gasteiger partial charge in [0, 0.05) is 10.8 Å². The van der Waals surface area contributed by atoms with Crippen molar-refractivity contribution in [2.24, 2.45) is 0 Å². The Morgan fingerprint density at radius 2 is 1.61 bits per heavy atom. The number of aromatic nitrogens is 1. The Morgan fingerprint density at radius 1 is 0.927 bits per heavy atom. The number of fused-ring (bicyclic) bond motifs is 1. The van der Waals surface area contributed by atoms with Crippen molar-refractivity contribution in [1.29, 1.82) is 0 Å². The Balaban J connectivity index is 1.86. The summed E-state index contributed by atoms with van der Waals surface area (Å²) in [7, 11) is -5.70. The molecule has 0 bridgehead atoms. The number of nitrogens with one attached hydrogen (secondary N) is 1. The molecule has 216 valence electrons. The van der Waals surface area contributed by atoms with Crippen LogP contribution in [0.5, 0.6) is 11.5 Å². The van der Waals surface area contributed by atoms with Crippen LogP contribution in [0.1, 0.15) is 12.5 Å². The van der Waals surface area contributed by atoms with Gasteiger partial charge in [-0.05, 0) is 55.8 Å². The topological polar surface area (TPSA) is 141 Å². The highest BCUT2D eigenvalue weighted by Gasteiger charge is 2.32. The third-order valence-electron chi connectivity index (χ3n) is 6.09. The number of benzene rings is 3. The van der Waals surface area contributed by atoms with Crippen LogP contribution in [0.15, 0.2) is 82.7 Å². The first-order valence-electron chi connectivity index (χ1n) is 12.4. The highest BCUT2D eigenvalue weighted by atomic mass is 32.2. The molecule has 0 saturated carbocycles. The second-order valence-corrected chi connectivity index (χ2v) is 12.3. The Kier molecular flexibility index (Phi) is 8.69. The molecule has 11 nitrogen and oxygen atoms in total. The summed E-state index contributed by atoms with van der Waals surface area (Å²) < 4.78 is 73.6. The van der Waals surface area contributed by atoms with Crippen molar-refractivity contribution < 1.29 is 35.8 Å². The van der Waals surface area contributed by atoms with Gasteiger partial charge in [0.05, 0.1) is 37.6 Å². The summed E-state index contributed by atoms with van der Waals surface area (Å²) in [6.07, 6.45) is 1.06. The minimum atomic E-state index is -4.36. The van der Waals surface area contributed by atoms with Gasteiger partial charge >= 0.3 is 5.97 Å². The Labute approximate surface area is 238 Å². The first-order valence-corrected chi connectivity index (χ1v) is 15.3. The zero-order valence-corrected chi connectivity index (χ0v) is 24.5. The minimum absolute atomic E-state index is 0.0365. The molecule has 0 fully saturated rings. The van der Waals surface area contributed by atoms with Crippen LogP contribution in [0.3, 0.4) is 0 Å². The van der Waals surface area contributed by atoms with E-state index in [4.69, 9.17) is 14.2 Å². The van der Waals surface area contributed by atoms with Crippen molar-refractivity contribution in [3.63, 3.8) is 0 Å². The predicted octanol–water partition coefficient (Wildman–Crippen LogP) is 4.12. The Bertz CT molecular complexity index is 1790. The number of anilines is 2. The summed E-state index contributed by atoms with van der Waals surface area (Å²) in [6.45, 7) is 2.79. The predicted molar refractivity (Wildman–Crippen MR) is 154 cm³/mol. The van der Waals surface area contributed by atoms with Crippen LogP contribution in [-0.2, 0) is 29.6 Å². The van der Waals surface area contributed by atoms with Gasteiger partial charge in [-0.3, -0.25) is 9.52 Å². The molecule has 41 heavy (non-hydrogen) atoms. The molecule has 1 N–H and O–H groups in total. The van der Waals surface area contributed by atoms with E-state index in [9.17, 15) is 21.6 Å². The molecule has 0 aliphatic rings. The van der Waals surface area contributed by atoms with Crippen LogP contribution in [0.25, 0.3) is 10.8 Å². The number of methoxy groups -OCH3 is 2. The largest absolute Gasteiger partial charge is 0.497 e. The number of carbonyl (C=O) groups excluding carboxylic acids is 1. The van der Waals surface area contributed by atoms with Gasteiger partial charge in [0.15, 0.2) is 5.82 Å². The number of rotatable bonds is 11. The fourth-order valence-electron chi connectivity index (χ4n) is 4.12. The van der Waals surface area contributed by atoms with Crippen molar-refractivity contribution in [3.8, 4) is 11.5 Å². The molecule has 4 aromatic rings. The maximum Gasteiger partial charge on any atom is 0.326 e. The normalized spacial score (nSPS) is 11.6. The lowest BCUT2D eigenvalue weighted by Gasteiger charge is -2.24. The van der Waals surface area contributed by atoms with Gasteiger partial charge in [0.2, 0.25) is 0 Å². The molecule has 0 aliphatic heterocycles. The lowest BCUT2D eigenvalue weighted by molar-refractivity contribution is -0.141. The van der Waals surface area contributed by atoms with E-state index in [1.54, 1.807) is 37.3 Å². The number of pyridine rings is 1. The van der Waals surface area contributed by atoms with E-state index >= 15 is 0 Å². The molecular weight excluding hydrogens is 570 g/mol. The zero-order valence-electron chi connectivity index (χ0n) is 22.8. The number of hydrogen-bond donors (Lipinski definition) is 1. The monoisotopic (exact) mass is 599 g/mol. The number of nitrogens with zero attached hydrogens (tertiary/aromatic N) is 2. The van der Waals surface area contributed by atoms with Gasteiger partial charge in [-0.1, -0.05) is 30.3 Å². The fourth-order valence-corrected chi connectivity index (χ4v) is 6.73. The van der Waals surface area contributed by atoms with E-state index in [2.05, 4.69) is 9.71 Å². The zero-order chi connectivity index (χ0) is 29.8. The van der Waals surface area contributed by atoms with Gasteiger partial charge < -0.3 is 14.2 Å². The van der Waals surface area contributed by atoms with E-state index in [0.29, 0.717) is 11.5 Å². The van der Waals surface area contributed by atoms with Crippen molar-refractivity contribution in [2.45, 2.75) is 23.6 Å². The van der Waals surface area contributed by atoms with E-state index in [-0.39, 0.29) is 38.7 Å². The molecule has 13 heteroatoms. The van der Waals surface area contributed by atoms with Crippen LogP contribution >= 0.6 is 0 Å². The first kappa shape index (κ1) is 29.6. The molecule has 1 aromatic heterocycles. The highest BCUT2D eigenvalue weighted by Crippen LogP contribution is 2.35. The lowest BCUT2D eigenvalue weighted by Crippen LogP contribution is -2.37. The SMILES string of the molecule is CCOC(=O)CN(c1ncc(S(=O)(=O)Nc2ccc(C)cc2OC)c2ccccc12)S(=O)(=O)c1ccc(OC)cc1. The molecule has 4 rings (SSSR count). The Hall–Kier alpha value is -4.36. The molecule has 0 saturated heterocycles. The molecule has 0 aliphatic carbocycles. The lowest BCUT2D eigenvalue weighted by atomic mass is 10.1. The first-order chi connectivity index (χ1) is 19.5. The van der Waals surface area contributed by atoms with Crippen molar-refractivity contribution in [2.75, 3.05) is 36.4 Å². The molecule has 0 amide bonds. The third kappa shape index (κ3) is 6.20. The van der Waals surface area contributed by atoms with Crippen LogP contribution in [-0.4, -0.2) is 55.2 Å². The average molecular weight is 600 g/mol. The van der Waals surface area contributed by atoms with E-state index < -0.39 is 32.6 Å². The van der Waals surface area contributed by atoms with E-state index in [1.165, 1.54) is 50.6 Å². The van der Waals surface area contributed by atoms with E-state index in [1.807, 2.05) is 6.92 Å². The fraction of sp³-hybridized carbons (Fsp3) is 0.214. The van der Waals surface area contributed by atoms with Gasteiger partial charge in [-0.2, -0.15) is 0 Å². The summed E-state index contributed by atoms with van der Waals surface area (Å²) >= 11 is 0. The maximum absolute atomic E-state index is 13.8. The summed E-state index contributed by atoms with van der Waals surface area (Å²) in [6, 6.07) is 16.9. The highest BCUT2D eigenvalue weighted by molar-refractivity contribution is 7.93. The molecule has 0 atom stereocenters. The molecule has 3 aromatic carbocycles. The van der Waals surface area contributed by atoms with Crippen molar-refractivity contribution in [1.82, 2.24) is 4.98 Å². The summed E-state index contributed by atoms with van der Waals surface area (Å²) in [5.74, 6) is -0.179. The van der Waals surface area contributed by atoms with Crippen LogP contribution in [0, 0.1) is 6.92 Å².